The molecule has 2 saturated heterocycles. The molecule has 3 rings (SSSR count). The number of hydrogen-bond donors (Lipinski definition) is 0. The maximum atomic E-state index is 12.3. The van der Waals surface area contributed by atoms with Crippen LogP contribution < -0.4 is 5.56 Å². The molecule has 2 atom stereocenters. The molecule has 0 N–H and O–H groups in total. The summed E-state index contributed by atoms with van der Waals surface area (Å²) in [6, 6.07) is 3.13. The molecule has 1 aromatic heterocycles. The maximum Gasteiger partial charge on any atom is 0.266 e. The third kappa shape index (κ3) is 3.84. The van der Waals surface area contributed by atoms with Crippen LogP contribution in [0, 0.1) is 0 Å². The average molecular weight is 335 g/mol. The van der Waals surface area contributed by atoms with E-state index < -0.39 is 5.60 Å². The van der Waals surface area contributed by atoms with Crippen molar-refractivity contribution in [1.82, 2.24) is 14.7 Å². The molecule has 3 heterocycles. The van der Waals surface area contributed by atoms with Crippen LogP contribution in [0.25, 0.3) is 0 Å². The van der Waals surface area contributed by atoms with Crippen molar-refractivity contribution in [2.45, 2.75) is 50.9 Å². The van der Waals surface area contributed by atoms with Gasteiger partial charge in [-0.2, -0.15) is 5.10 Å². The predicted octanol–water partition coefficient (Wildman–Crippen LogP) is 0.820. The number of ether oxygens (including phenoxy) is 2. The van der Waals surface area contributed by atoms with E-state index in [1.165, 1.54) is 10.7 Å². The van der Waals surface area contributed by atoms with E-state index in [0.29, 0.717) is 39.3 Å². The summed E-state index contributed by atoms with van der Waals surface area (Å²) in [5.74, 6) is 0.162. The molecule has 1 aromatic rings. The first-order valence-electron chi connectivity index (χ1n) is 8.67. The second-order valence-corrected chi connectivity index (χ2v) is 6.62. The normalized spacial score (nSPS) is 27.4. The molecule has 132 valence electrons. The molecule has 7 heteroatoms. The fourth-order valence-corrected chi connectivity index (χ4v) is 3.45. The van der Waals surface area contributed by atoms with Crippen molar-refractivity contribution in [2.24, 2.45) is 0 Å². The summed E-state index contributed by atoms with van der Waals surface area (Å²) in [7, 11) is 0. The first-order valence-corrected chi connectivity index (χ1v) is 8.67. The van der Waals surface area contributed by atoms with Crippen LogP contribution in [0.15, 0.2) is 23.1 Å². The topological polar surface area (TPSA) is 73.7 Å². The first kappa shape index (κ1) is 17.1. The highest BCUT2D eigenvalue weighted by atomic mass is 16.6. The summed E-state index contributed by atoms with van der Waals surface area (Å²) in [5.41, 5.74) is -0.581. The number of rotatable bonds is 4. The summed E-state index contributed by atoms with van der Waals surface area (Å²) in [4.78, 5) is 25.9. The first-order chi connectivity index (χ1) is 11.6. The van der Waals surface area contributed by atoms with Crippen LogP contribution in [-0.2, 0) is 20.8 Å². The molecule has 24 heavy (non-hydrogen) atoms. The Morgan fingerprint density at radius 2 is 2.38 bits per heavy atom. The van der Waals surface area contributed by atoms with Gasteiger partial charge in [-0.05, 0) is 25.3 Å². The molecule has 1 amide bonds. The van der Waals surface area contributed by atoms with Crippen molar-refractivity contribution >= 4 is 5.91 Å². The lowest BCUT2D eigenvalue weighted by molar-refractivity contribution is -0.136. The summed E-state index contributed by atoms with van der Waals surface area (Å²) < 4.78 is 13.4. The number of nitrogens with zero attached hydrogens (tertiary/aromatic N) is 3. The second-order valence-electron chi connectivity index (χ2n) is 6.62. The molecule has 0 radical (unpaired) electrons. The van der Waals surface area contributed by atoms with Gasteiger partial charge in [-0.1, -0.05) is 6.92 Å². The van der Waals surface area contributed by atoms with Gasteiger partial charge in [0.2, 0.25) is 5.91 Å². The SMILES string of the molecule is CCCC(=O)N1CCOC[C@]2(CC[C@@H](Cn3ncccc3=O)O2)C1. The zero-order valence-electron chi connectivity index (χ0n) is 14.1. The van der Waals surface area contributed by atoms with Crippen molar-refractivity contribution < 1.29 is 14.3 Å². The van der Waals surface area contributed by atoms with E-state index in [1.54, 1.807) is 12.3 Å². The van der Waals surface area contributed by atoms with E-state index in [9.17, 15) is 9.59 Å². The molecule has 2 aliphatic heterocycles. The zero-order valence-corrected chi connectivity index (χ0v) is 14.1. The fraction of sp³-hybridized carbons (Fsp3) is 0.706. The van der Waals surface area contributed by atoms with E-state index >= 15 is 0 Å². The standard InChI is InChI=1S/C17H25N3O4/c1-2-4-15(21)19-9-10-23-13-17(12-19)7-6-14(24-17)11-20-16(22)5-3-8-18-20/h3,5,8,14H,2,4,6-7,9-13H2,1H3/t14-,17-/m0/s1. The predicted molar refractivity (Wildman–Crippen MR) is 87.6 cm³/mol. The molecular weight excluding hydrogens is 310 g/mol. The van der Waals surface area contributed by atoms with Gasteiger partial charge in [0.25, 0.3) is 5.56 Å². The van der Waals surface area contributed by atoms with Crippen LogP contribution in [0.1, 0.15) is 32.6 Å². The Hall–Kier alpha value is -1.73. The third-order valence-corrected chi connectivity index (χ3v) is 4.67. The molecule has 1 spiro atoms. The van der Waals surface area contributed by atoms with Gasteiger partial charge in [0.05, 0.1) is 32.4 Å². The van der Waals surface area contributed by atoms with Crippen molar-refractivity contribution in [2.75, 3.05) is 26.3 Å². The Balaban J connectivity index is 1.66. The monoisotopic (exact) mass is 335 g/mol. The van der Waals surface area contributed by atoms with Gasteiger partial charge >= 0.3 is 0 Å². The van der Waals surface area contributed by atoms with Crippen molar-refractivity contribution in [1.29, 1.82) is 0 Å². The van der Waals surface area contributed by atoms with E-state index in [1.807, 2.05) is 11.8 Å². The van der Waals surface area contributed by atoms with Gasteiger partial charge < -0.3 is 14.4 Å². The Morgan fingerprint density at radius 3 is 3.17 bits per heavy atom. The van der Waals surface area contributed by atoms with E-state index in [4.69, 9.17) is 9.47 Å². The Kier molecular flexibility index (Phi) is 5.30. The lowest BCUT2D eigenvalue weighted by Gasteiger charge is -2.32. The number of hydrogen-bond acceptors (Lipinski definition) is 5. The lowest BCUT2D eigenvalue weighted by atomic mass is 10.00. The lowest BCUT2D eigenvalue weighted by Crippen LogP contribution is -2.47. The number of carbonyl (C=O) groups excluding carboxylic acids is 1. The van der Waals surface area contributed by atoms with Gasteiger partial charge in [-0.15, -0.1) is 0 Å². The highest BCUT2D eigenvalue weighted by Gasteiger charge is 2.44. The summed E-state index contributed by atoms with van der Waals surface area (Å²) in [6.45, 7) is 4.67. The molecule has 0 saturated carbocycles. The number of carbonyl (C=O) groups is 1. The Bertz CT molecular complexity index is 632. The number of aromatic nitrogens is 2. The maximum absolute atomic E-state index is 12.3. The number of amides is 1. The summed E-state index contributed by atoms with van der Waals surface area (Å²) in [6.07, 6.45) is 4.59. The van der Waals surface area contributed by atoms with Gasteiger partial charge in [-0.25, -0.2) is 4.68 Å². The molecule has 2 aliphatic rings. The molecule has 2 fully saturated rings. The molecule has 0 aromatic carbocycles. The van der Waals surface area contributed by atoms with Gasteiger partial charge in [0.15, 0.2) is 0 Å². The van der Waals surface area contributed by atoms with Gasteiger partial charge in [0.1, 0.15) is 5.60 Å². The Labute approximate surface area is 141 Å². The van der Waals surface area contributed by atoms with Gasteiger partial charge in [-0.3, -0.25) is 9.59 Å². The summed E-state index contributed by atoms with van der Waals surface area (Å²) in [5, 5.41) is 4.09. The van der Waals surface area contributed by atoms with E-state index in [2.05, 4.69) is 5.10 Å². The average Bonchev–Trinajstić information content (AvgIpc) is 2.82. The van der Waals surface area contributed by atoms with Crippen LogP contribution in [-0.4, -0.2) is 58.6 Å². The minimum atomic E-state index is -0.455. The quantitative estimate of drug-likeness (QED) is 0.814. The van der Waals surface area contributed by atoms with Gasteiger partial charge in [0, 0.05) is 25.2 Å². The summed E-state index contributed by atoms with van der Waals surface area (Å²) >= 11 is 0. The minimum absolute atomic E-state index is 0.0811. The van der Waals surface area contributed by atoms with Crippen molar-refractivity contribution in [3.8, 4) is 0 Å². The van der Waals surface area contributed by atoms with Crippen molar-refractivity contribution in [3.05, 3.63) is 28.7 Å². The third-order valence-electron chi connectivity index (χ3n) is 4.67. The minimum Gasteiger partial charge on any atom is -0.377 e. The fourth-order valence-electron chi connectivity index (χ4n) is 3.45. The van der Waals surface area contributed by atoms with E-state index in [0.717, 1.165) is 19.3 Å². The smallest absolute Gasteiger partial charge is 0.266 e. The Morgan fingerprint density at radius 1 is 1.50 bits per heavy atom. The van der Waals surface area contributed by atoms with Crippen molar-refractivity contribution in [3.63, 3.8) is 0 Å². The van der Waals surface area contributed by atoms with E-state index in [-0.39, 0.29) is 17.6 Å². The zero-order chi connectivity index (χ0) is 17.0. The second kappa shape index (κ2) is 7.44. The van der Waals surface area contributed by atoms with Crippen LogP contribution in [0.4, 0.5) is 0 Å². The molecule has 0 bridgehead atoms. The highest BCUT2D eigenvalue weighted by molar-refractivity contribution is 5.76. The van der Waals surface area contributed by atoms with Crippen LogP contribution in [0.5, 0.6) is 0 Å². The highest BCUT2D eigenvalue weighted by Crippen LogP contribution is 2.33. The molecular formula is C17H25N3O4. The van der Waals surface area contributed by atoms with Crippen LogP contribution in [0.3, 0.4) is 0 Å². The van der Waals surface area contributed by atoms with Crippen LogP contribution in [0.2, 0.25) is 0 Å². The molecule has 0 unspecified atom stereocenters. The largest absolute Gasteiger partial charge is 0.377 e. The molecule has 0 aliphatic carbocycles. The van der Waals surface area contributed by atoms with Crippen LogP contribution >= 0.6 is 0 Å². The molecule has 7 nitrogen and oxygen atoms in total.